The summed E-state index contributed by atoms with van der Waals surface area (Å²) < 4.78 is 0. The zero-order valence-electron chi connectivity index (χ0n) is 9.60. The predicted octanol–water partition coefficient (Wildman–Crippen LogP) is 2.37. The van der Waals surface area contributed by atoms with E-state index in [0.29, 0.717) is 6.04 Å². The van der Waals surface area contributed by atoms with Gasteiger partial charge in [0.15, 0.2) is 0 Å². The Morgan fingerprint density at radius 3 is 3.06 bits per heavy atom. The summed E-state index contributed by atoms with van der Waals surface area (Å²) >= 11 is 1.64. The van der Waals surface area contributed by atoms with E-state index in [1.54, 1.807) is 17.7 Å². The van der Waals surface area contributed by atoms with E-state index >= 15 is 0 Å². The van der Waals surface area contributed by atoms with Gasteiger partial charge in [0.2, 0.25) is 0 Å². The highest BCUT2D eigenvalue weighted by Gasteiger charge is 2.22. The first-order valence-electron chi connectivity index (χ1n) is 6.05. The Kier molecular flexibility index (Phi) is 2.94. The molecule has 0 unspecified atom stereocenters. The fourth-order valence-electron chi connectivity index (χ4n) is 2.42. The van der Waals surface area contributed by atoms with Crippen LogP contribution in [0, 0.1) is 0 Å². The first-order valence-corrected chi connectivity index (χ1v) is 6.93. The van der Waals surface area contributed by atoms with Crippen molar-refractivity contribution in [3.8, 4) is 0 Å². The van der Waals surface area contributed by atoms with Crippen molar-refractivity contribution < 1.29 is 0 Å². The van der Waals surface area contributed by atoms with Gasteiger partial charge in [0.1, 0.15) is 17.0 Å². The van der Waals surface area contributed by atoms with E-state index in [9.17, 15) is 0 Å². The summed E-state index contributed by atoms with van der Waals surface area (Å²) in [6, 6.07) is 2.66. The standard InChI is InChI=1S/C12H16N4S/c13-9-3-1-2-4-10(9)16-11-8-5-6-17-12(8)15-7-14-11/h5-7,9-10H,1-4,13H2,(H,14,15,16)/t9-,10-/m1/s1. The number of nitrogens with zero attached hydrogens (tertiary/aromatic N) is 2. The molecule has 0 spiro atoms. The summed E-state index contributed by atoms with van der Waals surface area (Å²) in [5.74, 6) is 0.929. The molecule has 4 nitrogen and oxygen atoms in total. The SMILES string of the molecule is N[C@@H]1CCCC[C@H]1Nc1ncnc2sccc12. The van der Waals surface area contributed by atoms with Gasteiger partial charge in [-0.15, -0.1) is 11.3 Å². The monoisotopic (exact) mass is 248 g/mol. The van der Waals surface area contributed by atoms with Crippen LogP contribution in [0.25, 0.3) is 10.2 Å². The highest BCUT2D eigenvalue weighted by Crippen LogP contribution is 2.26. The molecule has 1 saturated carbocycles. The Balaban J connectivity index is 1.86. The number of thiophene rings is 1. The number of fused-ring (bicyclic) bond motifs is 1. The van der Waals surface area contributed by atoms with E-state index in [4.69, 9.17) is 5.73 Å². The molecular formula is C12H16N4S. The molecule has 0 amide bonds. The summed E-state index contributed by atoms with van der Waals surface area (Å²) in [5.41, 5.74) is 6.14. The van der Waals surface area contributed by atoms with Crippen LogP contribution < -0.4 is 11.1 Å². The average Bonchev–Trinajstić information content (AvgIpc) is 2.81. The van der Waals surface area contributed by atoms with Crippen LogP contribution in [-0.4, -0.2) is 22.1 Å². The van der Waals surface area contributed by atoms with Crippen molar-refractivity contribution >= 4 is 27.4 Å². The lowest BCUT2D eigenvalue weighted by Gasteiger charge is -2.29. The van der Waals surface area contributed by atoms with Gasteiger partial charge in [-0.3, -0.25) is 0 Å². The maximum atomic E-state index is 6.14. The fourth-order valence-corrected chi connectivity index (χ4v) is 3.15. The molecular weight excluding hydrogens is 232 g/mol. The molecule has 3 rings (SSSR count). The van der Waals surface area contributed by atoms with Gasteiger partial charge in [0.25, 0.3) is 0 Å². The summed E-state index contributed by atoms with van der Waals surface area (Å²) in [6.07, 6.45) is 6.36. The van der Waals surface area contributed by atoms with E-state index in [2.05, 4.69) is 21.4 Å². The number of anilines is 1. The zero-order chi connectivity index (χ0) is 11.7. The van der Waals surface area contributed by atoms with Crippen molar-refractivity contribution in [2.24, 2.45) is 5.73 Å². The molecule has 90 valence electrons. The van der Waals surface area contributed by atoms with E-state index in [1.807, 2.05) is 5.38 Å². The second-order valence-corrected chi connectivity index (χ2v) is 5.46. The second-order valence-electron chi connectivity index (χ2n) is 4.56. The van der Waals surface area contributed by atoms with Crippen molar-refractivity contribution in [1.82, 2.24) is 9.97 Å². The number of aromatic nitrogens is 2. The molecule has 0 aromatic carbocycles. The van der Waals surface area contributed by atoms with Crippen molar-refractivity contribution in [3.05, 3.63) is 17.8 Å². The largest absolute Gasteiger partial charge is 0.365 e. The van der Waals surface area contributed by atoms with Crippen LogP contribution in [0.1, 0.15) is 25.7 Å². The van der Waals surface area contributed by atoms with Gasteiger partial charge in [0, 0.05) is 12.1 Å². The molecule has 1 aliphatic rings. The quantitative estimate of drug-likeness (QED) is 0.856. The van der Waals surface area contributed by atoms with Gasteiger partial charge in [0.05, 0.1) is 5.39 Å². The first-order chi connectivity index (χ1) is 8.34. The van der Waals surface area contributed by atoms with Gasteiger partial charge in [-0.05, 0) is 24.3 Å². The lowest BCUT2D eigenvalue weighted by Crippen LogP contribution is -2.42. The van der Waals surface area contributed by atoms with Gasteiger partial charge < -0.3 is 11.1 Å². The third-order valence-corrected chi connectivity index (χ3v) is 4.22. The lowest BCUT2D eigenvalue weighted by molar-refractivity contribution is 0.403. The zero-order valence-corrected chi connectivity index (χ0v) is 10.4. The predicted molar refractivity (Wildman–Crippen MR) is 71.3 cm³/mol. The molecule has 1 aliphatic carbocycles. The van der Waals surface area contributed by atoms with E-state index < -0.39 is 0 Å². The molecule has 0 bridgehead atoms. The Labute approximate surface area is 104 Å². The van der Waals surface area contributed by atoms with E-state index in [1.165, 1.54) is 12.8 Å². The maximum absolute atomic E-state index is 6.14. The molecule has 2 heterocycles. The van der Waals surface area contributed by atoms with Crippen LogP contribution >= 0.6 is 11.3 Å². The molecule has 3 N–H and O–H groups in total. The fraction of sp³-hybridized carbons (Fsp3) is 0.500. The van der Waals surface area contributed by atoms with Crippen molar-refractivity contribution in [3.63, 3.8) is 0 Å². The van der Waals surface area contributed by atoms with Gasteiger partial charge in [-0.2, -0.15) is 0 Å². The molecule has 1 fully saturated rings. The molecule has 0 aliphatic heterocycles. The smallest absolute Gasteiger partial charge is 0.138 e. The minimum Gasteiger partial charge on any atom is -0.365 e. The van der Waals surface area contributed by atoms with Gasteiger partial charge in [-0.25, -0.2) is 9.97 Å². The summed E-state index contributed by atoms with van der Waals surface area (Å²) in [7, 11) is 0. The van der Waals surface area contributed by atoms with Crippen LogP contribution in [0.15, 0.2) is 17.8 Å². The number of hydrogen-bond acceptors (Lipinski definition) is 5. The van der Waals surface area contributed by atoms with E-state index in [-0.39, 0.29) is 6.04 Å². The summed E-state index contributed by atoms with van der Waals surface area (Å²) in [6.45, 7) is 0. The number of rotatable bonds is 2. The second kappa shape index (κ2) is 4.58. The van der Waals surface area contributed by atoms with Crippen LogP contribution in [0.5, 0.6) is 0 Å². The summed E-state index contributed by atoms with van der Waals surface area (Å²) in [4.78, 5) is 9.62. The number of nitrogens with one attached hydrogen (secondary N) is 1. The minimum absolute atomic E-state index is 0.243. The average molecular weight is 248 g/mol. The van der Waals surface area contributed by atoms with Crippen LogP contribution in [0.3, 0.4) is 0 Å². The number of nitrogens with two attached hydrogens (primary N) is 1. The van der Waals surface area contributed by atoms with Crippen molar-refractivity contribution in [2.45, 2.75) is 37.8 Å². The summed E-state index contributed by atoms with van der Waals surface area (Å²) in [5, 5.41) is 6.64. The third kappa shape index (κ3) is 2.12. The topological polar surface area (TPSA) is 63.8 Å². The molecule has 2 aromatic rings. The van der Waals surface area contributed by atoms with E-state index in [0.717, 1.165) is 28.9 Å². The van der Waals surface area contributed by atoms with Gasteiger partial charge >= 0.3 is 0 Å². The highest BCUT2D eigenvalue weighted by molar-refractivity contribution is 7.16. The number of hydrogen-bond donors (Lipinski definition) is 2. The molecule has 17 heavy (non-hydrogen) atoms. The highest BCUT2D eigenvalue weighted by atomic mass is 32.1. The van der Waals surface area contributed by atoms with Crippen LogP contribution in [0.2, 0.25) is 0 Å². The van der Waals surface area contributed by atoms with Crippen LogP contribution in [-0.2, 0) is 0 Å². The maximum Gasteiger partial charge on any atom is 0.138 e. The van der Waals surface area contributed by atoms with Crippen molar-refractivity contribution in [2.75, 3.05) is 5.32 Å². The first kappa shape index (κ1) is 10.9. The Bertz CT molecular complexity index is 510. The van der Waals surface area contributed by atoms with Crippen molar-refractivity contribution in [1.29, 1.82) is 0 Å². The molecule has 0 saturated heterocycles. The Hall–Kier alpha value is -1.20. The Morgan fingerprint density at radius 2 is 2.18 bits per heavy atom. The molecule has 2 atom stereocenters. The minimum atomic E-state index is 0.243. The third-order valence-electron chi connectivity index (χ3n) is 3.40. The Morgan fingerprint density at radius 1 is 1.29 bits per heavy atom. The van der Waals surface area contributed by atoms with Gasteiger partial charge in [-0.1, -0.05) is 12.8 Å². The van der Waals surface area contributed by atoms with Crippen LogP contribution in [0.4, 0.5) is 5.82 Å². The normalized spacial score (nSPS) is 25.0. The molecule has 0 radical (unpaired) electrons. The lowest BCUT2D eigenvalue weighted by atomic mass is 9.91. The molecule has 2 aromatic heterocycles. The molecule has 5 heteroatoms.